The van der Waals surface area contributed by atoms with Crippen molar-refractivity contribution >= 4 is 12.1 Å². The van der Waals surface area contributed by atoms with Crippen molar-refractivity contribution in [3.05, 3.63) is 89.5 Å². The molecular formula is C28H29NO5. The van der Waals surface area contributed by atoms with Crippen molar-refractivity contribution in [2.24, 2.45) is 0 Å². The number of carbonyl (C=O) groups is 2. The highest BCUT2D eigenvalue weighted by Gasteiger charge is 2.39. The molecule has 0 aliphatic heterocycles. The number of rotatable bonds is 6. The number of hydrogen-bond donors (Lipinski definition) is 2. The Kier molecular flexibility index (Phi) is 5.97. The SMILES string of the molecule is [2H]C(OC(=O)N([C@@H](Cc1ccc(O)cc1)C(=O)O)C(C)(C)C)C1c2ccccc2-c2ccccc21. The molecule has 0 saturated carbocycles. The van der Waals surface area contributed by atoms with Gasteiger partial charge in [-0.2, -0.15) is 0 Å². The van der Waals surface area contributed by atoms with Crippen molar-refractivity contribution < 1.29 is 25.9 Å². The zero-order chi connectivity index (χ0) is 25.3. The van der Waals surface area contributed by atoms with Crippen LogP contribution in [0.5, 0.6) is 5.75 Å². The fourth-order valence-electron chi connectivity index (χ4n) is 4.54. The molecule has 1 aliphatic rings. The molecule has 2 N–H and O–H groups in total. The summed E-state index contributed by atoms with van der Waals surface area (Å²) >= 11 is 0. The summed E-state index contributed by atoms with van der Waals surface area (Å²) in [6.07, 6.45) is -0.828. The number of carboxylic acids is 1. The van der Waals surface area contributed by atoms with Gasteiger partial charge in [0.05, 0.1) is 1.37 Å². The van der Waals surface area contributed by atoms with Crippen molar-refractivity contribution in [2.45, 2.75) is 44.7 Å². The summed E-state index contributed by atoms with van der Waals surface area (Å²) in [7, 11) is 0. The fourth-order valence-corrected chi connectivity index (χ4v) is 4.54. The first-order valence-electron chi connectivity index (χ1n) is 11.8. The van der Waals surface area contributed by atoms with Crippen LogP contribution in [-0.2, 0) is 16.0 Å². The zero-order valence-electron chi connectivity index (χ0n) is 20.4. The molecular weight excluding hydrogens is 430 g/mol. The summed E-state index contributed by atoms with van der Waals surface area (Å²) in [4.78, 5) is 26.9. The maximum Gasteiger partial charge on any atom is 0.410 e. The summed E-state index contributed by atoms with van der Waals surface area (Å²) in [6, 6.07) is 20.5. The minimum atomic E-state index is -1.26. The van der Waals surface area contributed by atoms with Crippen molar-refractivity contribution in [1.82, 2.24) is 4.90 Å². The van der Waals surface area contributed by atoms with Crippen molar-refractivity contribution in [3.8, 4) is 16.9 Å². The van der Waals surface area contributed by atoms with Gasteiger partial charge in [0.15, 0.2) is 0 Å². The number of amides is 1. The molecule has 0 heterocycles. The molecule has 6 nitrogen and oxygen atoms in total. The van der Waals surface area contributed by atoms with Crippen LogP contribution in [0.25, 0.3) is 11.1 Å². The molecule has 0 aromatic heterocycles. The molecule has 4 rings (SSSR count). The number of phenols is 1. The Labute approximate surface area is 200 Å². The highest BCUT2D eigenvalue weighted by molar-refractivity contribution is 5.82. The van der Waals surface area contributed by atoms with E-state index in [9.17, 15) is 19.8 Å². The third kappa shape index (κ3) is 4.62. The molecule has 1 aliphatic carbocycles. The summed E-state index contributed by atoms with van der Waals surface area (Å²) < 4.78 is 14.5. The van der Waals surface area contributed by atoms with Crippen LogP contribution in [0.2, 0.25) is 0 Å². The predicted octanol–water partition coefficient (Wildman–Crippen LogP) is 5.44. The van der Waals surface area contributed by atoms with E-state index in [0.717, 1.165) is 22.3 Å². The maximum absolute atomic E-state index is 13.5. The van der Waals surface area contributed by atoms with Gasteiger partial charge in [-0.3, -0.25) is 4.90 Å². The molecule has 3 aromatic rings. The van der Waals surface area contributed by atoms with E-state index in [2.05, 4.69) is 0 Å². The Morgan fingerprint density at radius 3 is 2.00 bits per heavy atom. The topological polar surface area (TPSA) is 87.1 Å². The maximum atomic E-state index is 13.5. The Balaban J connectivity index is 1.62. The van der Waals surface area contributed by atoms with Crippen LogP contribution >= 0.6 is 0 Å². The largest absolute Gasteiger partial charge is 0.508 e. The molecule has 0 spiro atoms. The van der Waals surface area contributed by atoms with Crippen LogP contribution in [0.3, 0.4) is 0 Å². The monoisotopic (exact) mass is 460 g/mol. The van der Waals surface area contributed by atoms with Crippen LogP contribution in [0.1, 0.15) is 44.8 Å². The Morgan fingerprint density at radius 2 is 1.50 bits per heavy atom. The zero-order valence-corrected chi connectivity index (χ0v) is 19.4. The summed E-state index contributed by atoms with van der Waals surface area (Å²) in [5.74, 6) is -1.58. The van der Waals surface area contributed by atoms with E-state index in [1.54, 1.807) is 32.9 Å². The minimum Gasteiger partial charge on any atom is -0.508 e. The van der Waals surface area contributed by atoms with Crippen LogP contribution in [0.15, 0.2) is 72.8 Å². The molecule has 3 aromatic carbocycles. The van der Waals surface area contributed by atoms with E-state index in [4.69, 9.17) is 6.11 Å². The number of carbonyl (C=O) groups excluding carboxylic acids is 1. The number of ether oxygens (including phenoxy) is 1. The first-order valence-corrected chi connectivity index (χ1v) is 11.2. The first kappa shape index (κ1) is 22.0. The number of benzene rings is 3. The van der Waals surface area contributed by atoms with Crippen LogP contribution in [0.4, 0.5) is 4.79 Å². The third-order valence-corrected chi connectivity index (χ3v) is 6.07. The van der Waals surface area contributed by atoms with E-state index >= 15 is 0 Å². The predicted molar refractivity (Wildman–Crippen MR) is 130 cm³/mol. The number of hydrogen-bond acceptors (Lipinski definition) is 4. The van der Waals surface area contributed by atoms with E-state index in [-0.39, 0.29) is 12.2 Å². The normalized spacial score (nSPS) is 15.0. The van der Waals surface area contributed by atoms with Gasteiger partial charge in [-0.25, -0.2) is 9.59 Å². The Morgan fingerprint density at radius 1 is 0.971 bits per heavy atom. The summed E-state index contributed by atoms with van der Waals surface area (Å²) in [6.45, 7) is 3.95. The van der Waals surface area contributed by atoms with Gasteiger partial charge in [0.1, 0.15) is 18.4 Å². The van der Waals surface area contributed by atoms with Crippen molar-refractivity contribution in [2.75, 3.05) is 6.58 Å². The molecule has 1 unspecified atom stereocenters. The third-order valence-electron chi connectivity index (χ3n) is 6.07. The van der Waals surface area contributed by atoms with E-state index < -0.39 is 36.1 Å². The smallest absolute Gasteiger partial charge is 0.410 e. The van der Waals surface area contributed by atoms with Crippen LogP contribution in [0, 0.1) is 0 Å². The Bertz CT molecular complexity index is 1190. The van der Waals surface area contributed by atoms with Crippen molar-refractivity contribution in [1.29, 1.82) is 0 Å². The molecule has 0 radical (unpaired) electrons. The minimum absolute atomic E-state index is 0.0275. The van der Waals surface area contributed by atoms with Gasteiger partial charge in [0, 0.05) is 17.9 Å². The number of aliphatic carboxylic acids is 1. The molecule has 2 atom stereocenters. The van der Waals surface area contributed by atoms with Gasteiger partial charge < -0.3 is 14.9 Å². The number of phenolic OH excluding ortho intramolecular Hbond substituents is 1. The van der Waals surface area contributed by atoms with Gasteiger partial charge in [0.25, 0.3) is 0 Å². The van der Waals surface area contributed by atoms with E-state index in [0.29, 0.717) is 5.56 Å². The molecule has 1 amide bonds. The van der Waals surface area contributed by atoms with Gasteiger partial charge in [-0.05, 0) is 60.7 Å². The molecule has 176 valence electrons. The van der Waals surface area contributed by atoms with Gasteiger partial charge in [-0.1, -0.05) is 60.7 Å². The molecule has 0 saturated heterocycles. The lowest BCUT2D eigenvalue weighted by atomic mass is 9.97. The standard InChI is InChI=1S/C28H29NO5/c1-28(2,3)29(25(26(31)32)16-18-12-14-19(30)15-13-18)27(33)34-17-24-22-10-6-4-8-20(22)21-9-5-7-11-23(21)24/h4-15,24-25,30H,16-17H2,1-3H3,(H,31,32)/t25-/m0/s1/i17D/t17?,25-. The second-order valence-corrected chi connectivity index (χ2v) is 9.44. The molecule has 0 fully saturated rings. The quantitative estimate of drug-likeness (QED) is 0.512. The highest BCUT2D eigenvalue weighted by Crippen LogP contribution is 2.44. The lowest BCUT2D eigenvalue weighted by molar-refractivity contribution is -0.144. The summed E-state index contributed by atoms with van der Waals surface area (Å²) in [5.41, 5.74) is 3.58. The number of aromatic hydroxyl groups is 1. The summed E-state index contributed by atoms with van der Waals surface area (Å²) in [5, 5.41) is 19.6. The van der Waals surface area contributed by atoms with E-state index in [1.807, 2.05) is 48.5 Å². The molecule has 0 bridgehead atoms. The van der Waals surface area contributed by atoms with Crippen LogP contribution in [-0.4, -0.2) is 45.3 Å². The lowest BCUT2D eigenvalue weighted by Gasteiger charge is -2.39. The van der Waals surface area contributed by atoms with Crippen molar-refractivity contribution in [3.63, 3.8) is 0 Å². The number of carboxylic acid groups (broad SMARTS) is 1. The average Bonchev–Trinajstić information content (AvgIpc) is 3.13. The second-order valence-electron chi connectivity index (χ2n) is 9.44. The lowest BCUT2D eigenvalue weighted by Crippen LogP contribution is -2.55. The Hall–Kier alpha value is -3.80. The van der Waals surface area contributed by atoms with Crippen LogP contribution < -0.4 is 0 Å². The average molecular weight is 461 g/mol. The van der Waals surface area contributed by atoms with Gasteiger partial charge in [-0.15, -0.1) is 0 Å². The number of nitrogens with zero attached hydrogens (tertiary/aromatic N) is 1. The molecule has 34 heavy (non-hydrogen) atoms. The second kappa shape index (κ2) is 9.21. The first-order chi connectivity index (χ1) is 16.6. The van der Waals surface area contributed by atoms with Gasteiger partial charge >= 0.3 is 12.1 Å². The number of fused-ring (bicyclic) bond motifs is 3. The van der Waals surface area contributed by atoms with Gasteiger partial charge in [0.2, 0.25) is 0 Å². The van der Waals surface area contributed by atoms with E-state index in [1.165, 1.54) is 17.0 Å². The highest BCUT2D eigenvalue weighted by atomic mass is 16.6. The molecule has 6 heteroatoms. The fraction of sp³-hybridized carbons (Fsp3) is 0.286.